The number of carbonyl (C=O) groups is 1. The summed E-state index contributed by atoms with van der Waals surface area (Å²) in [7, 11) is 4.03. The molecule has 1 amide bonds. The molecule has 7 heteroatoms. The van der Waals surface area contributed by atoms with Crippen molar-refractivity contribution in [3.8, 4) is 23.0 Å². The average Bonchev–Trinajstić information content (AvgIpc) is 3.52. The fraction of sp³-hybridized carbons (Fsp3) is 0.385. The molecule has 1 saturated carbocycles. The van der Waals surface area contributed by atoms with Crippen molar-refractivity contribution in [1.29, 1.82) is 0 Å². The van der Waals surface area contributed by atoms with E-state index in [4.69, 9.17) is 14.2 Å². The lowest BCUT2D eigenvalue weighted by molar-refractivity contribution is -0.123. The molecule has 1 aliphatic heterocycles. The van der Waals surface area contributed by atoms with E-state index >= 15 is 0 Å². The van der Waals surface area contributed by atoms with Crippen LogP contribution in [0.1, 0.15) is 31.2 Å². The number of fused-ring (bicyclic) bond motifs is 2. The van der Waals surface area contributed by atoms with Gasteiger partial charge in [0.15, 0.2) is 0 Å². The van der Waals surface area contributed by atoms with Crippen LogP contribution >= 0.6 is 0 Å². The van der Waals surface area contributed by atoms with E-state index < -0.39 is 0 Å². The second-order valence-electron chi connectivity index (χ2n) is 9.02. The smallest absolute Gasteiger partial charge is 0.231 e. The summed E-state index contributed by atoms with van der Waals surface area (Å²) < 4.78 is 18.0. The van der Waals surface area contributed by atoms with Crippen LogP contribution < -0.4 is 19.5 Å². The zero-order chi connectivity index (χ0) is 22.9. The van der Waals surface area contributed by atoms with Gasteiger partial charge in [0.05, 0.1) is 5.52 Å². The number of ether oxygens (including phenoxy) is 3. The Balaban J connectivity index is 1.33. The third kappa shape index (κ3) is 4.73. The normalized spacial score (nSPS) is 19.3. The molecule has 2 atom stereocenters. The highest BCUT2D eigenvalue weighted by atomic mass is 16.5. The number of likely N-dealkylation sites (N-methyl/N-ethyl adjacent to an activating group) is 1. The van der Waals surface area contributed by atoms with Gasteiger partial charge in [0, 0.05) is 41.9 Å². The van der Waals surface area contributed by atoms with Crippen LogP contribution in [0.25, 0.3) is 10.9 Å². The molecule has 1 N–H and O–H groups in total. The molecule has 172 valence electrons. The number of hydrogen-bond donors (Lipinski definition) is 1. The number of rotatable bonds is 8. The highest BCUT2D eigenvalue weighted by molar-refractivity contribution is 5.87. The molecule has 1 fully saturated rings. The van der Waals surface area contributed by atoms with Gasteiger partial charge >= 0.3 is 0 Å². The fourth-order valence-corrected chi connectivity index (χ4v) is 4.08. The van der Waals surface area contributed by atoms with E-state index in [1.54, 1.807) is 6.20 Å². The second kappa shape index (κ2) is 8.90. The van der Waals surface area contributed by atoms with Crippen molar-refractivity contribution >= 4 is 16.8 Å². The number of carbonyl (C=O) groups excluding carboxylic acids is 1. The van der Waals surface area contributed by atoms with Crippen LogP contribution in [0.5, 0.6) is 23.0 Å². The Labute approximate surface area is 193 Å². The van der Waals surface area contributed by atoms with Gasteiger partial charge in [-0.15, -0.1) is 0 Å². The van der Waals surface area contributed by atoms with Gasteiger partial charge in [-0.25, -0.2) is 0 Å². The van der Waals surface area contributed by atoms with E-state index in [0.717, 1.165) is 41.6 Å². The Morgan fingerprint density at radius 1 is 1.15 bits per heavy atom. The summed E-state index contributed by atoms with van der Waals surface area (Å²) in [6.45, 7) is 3.39. The van der Waals surface area contributed by atoms with Gasteiger partial charge in [0.2, 0.25) is 5.91 Å². The van der Waals surface area contributed by atoms with Crippen LogP contribution in [-0.4, -0.2) is 55.2 Å². The minimum atomic E-state index is -0.290. The number of amides is 1. The summed E-state index contributed by atoms with van der Waals surface area (Å²) in [4.78, 5) is 19.2. The molecule has 0 radical (unpaired) electrons. The Kier molecular flexibility index (Phi) is 5.81. The average molecular weight is 448 g/mol. The van der Waals surface area contributed by atoms with Gasteiger partial charge in [0.25, 0.3) is 0 Å². The van der Waals surface area contributed by atoms with Crippen LogP contribution in [0, 0.1) is 0 Å². The molecule has 0 bridgehead atoms. The van der Waals surface area contributed by atoms with E-state index in [9.17, 15) is 4.79 Å². The Morgan fingerprint density at radius 3 is 2.76 bits per heavy atom. The zero-order valence-electron chi connectivity index (χ0n) is 19.2. The van der Waals surface area contributed by atoms with Crippen molar-refractivity contribution < 1.29 is 19.0 Å². The number of aromatic nitrogens is 1. The zero-order valence-corrected chi connectivity index (χ0v) is 19.2. The highest BCUT2D eigenvalue weighted by Gasteiger charge is 2.39. The minimum Gasteiger partial charge on any atom is -0.492 e. The van der Waals surface area contributed by atoms with Gasteiger partial charge in [-0.3, -0.25) is 9.78 Å². The molecule has 1 aromatic heterocycles. The number of hydrogen-bond acceptors (Lipinski definition) is 6. The van der Waals surface area contributed by atoms with Crippen molar-refractivity contribution in [1.82, 2.24) is 15.2 Å². The highest BCUT2D eigenvalue weighted by Crippen LogP contribution is 2.42. The van der Waals surface area contributed by atoms with Crippen molar-refractivity contribution in [3.05, 3.63) is 54.2 Å². The van der Waals surface area contributed by atoms with Crippen molar-refractivity contribution in [2.45, 2.75) is 37.8 Å². The molecule has 2 aromatic carbocycles. The standard InChI is InChI=1S/C26H29N3O4/c1-16-25(26(30)28-17-4-5-17)21-9-7-19(15-24(21)32-16)33-23-10-11-27-22-14-18(6-8-20(22)23)31-13-12-29(2)3/h6-11,14-17,25H,4-5,12-13H2,1-3H3,(H,28,30). The van der Waals surface area contributed by atoms with E-state index in [0.29, 0.717) is 29.9 Å². The Morgan fingerprint density at radius 2 is 1.97 bits per heavy atom. The summed E-state index contributed by atoms with van der Waals surface area (Å²) in [6.07, 6.45) is 3.65. The molecule has 2 unspecified atom stereocenters. The summed E-state index contributed by atoms with van der Waals surface area (Å²) in [5.74, 6) is 2.59. The van der Waals surface area contributed by atoms with E-state index in [1.165, 1.54) is 0 Å². The maximum atomic E-state index is 12.7. The number of pyridine rings is 1. The topological polar surface area (TPSA) is 72.9 Å². The first-order valence-corrected chi connectivity index (χ1v) is 11.4. The maximum Gasteiger partial charge on any atom is 0.231 e. The second-order valence-corrected chi connectivity index (χ2v) is 9.02. The molecular weight excluding hydrogens is 418 g/mol. The van der Waals surface area contributed by atoms with Gasteiger partial charge in [-0.05, 0) is 58.1 Å². The Bertz CT molecular complexity index is 1180. The summed E-state index contributed by atoms with van der Waals surface area (Å²) >= 11 is 0. The van der Waals surface area contributed by atoms with Gasteiger partial charge in [-0.1, -0.05) is 6.07 Å². The first-order valence-electron chi connectivity index (χ1n) is 11.4. The van der Waals surface area contributed by atoms with Gasteiger partial charge < -0.3 is 24.4 Å². The van der Waals surface area contributed by atoms with E-state index in [-0.39, 0.29) is 17.9 Å². The van der Waals surface area contributed by atoms with Crippen molar-refractivity contribution in [2.24, 2.45) is 0 Å². The lowest BCUT2D eigenvalue weighted by atomic mass is 9.95. The molecular formula is C26H29N3O4. The lowest BCUT2D eigenvalue weighted by Crippen LogP contribution is -2.35. The first-order chi connectivity index (χ1) is 16.0. The monoisotopic (exact) mass is 447 g/mol. The lowest BCUT2D eigenvalue weighted by Gasteiger charge is -2.14. The molecule has 3 aromatic rings. The quantitative estimate of drug-likeness (QED) is 0.560. The molecule has 0 spiro atoms. The molecule has 1 aliphatic carbocycles. The third-order valence-electron chi connectivity index (χ3n) is 6.02. The third-order valence-corrected chi connectivity index (χ3v) is 6.02. The van der Waals surface area contributed by atoms with Gasteiger partial charge in [0.1, 0.15) is 41.6 Å². The Hall–Kier alpha value is -3.32. The van der Waals surface area contributed by atoms with Crippen molar-refractivity contribution in [2.75, 3.05) is 27.2 Å². The molecule has 2 heterocycles. The number of nitrogens with zero attached hydrogens (tertiary/aromatic N) is 2. The number of nitrogens with one attached hydrogen (secondary N) is 1. The van der Waals surface area contributed by atoms with Crippen LogP contribution in [-0.2, 0) is 4.79 Å². The van der Waals surface area contributed by atoms with Crippen LogP contribution in [0.2, 0.25) is 0 Å². The fourth-order valence-electron chi connectivity index (χ4n) is 4.08. The van der Waals surface area contributed by atoms with Crippen LogP contribution in [0.3, 0.4) is 0 Å². The minimum absolute atomic E-state index is 0.0427. The molecule has 7 nitrogen and oxygen atoms in total. The predicted molar refractivity (Wildman–Crippen MR) is 126 cm³/mol. The van der Waals surface area contributed by atoms with E-state index in [1.807, 2.05) is 63.5 Å². The molecule has 5 rings (SSSR count). The number of benzene rings is 2. The summed E-state index contributed by atoms with van der Waals surface area (Å²) in [6, 6.07) is 13.7. The maximum absolute atomic E-state index is 12.7. The SMILES string of the molecule is CC1Oc2cc(Oc3ccnc4cc(OCCN(C)C)ccc34)ccc2C1C(=O)NC1CC1. The van der Waals surface area contributed by atoms with Gasteiger partial charge in [-0.2, -0.15) is 0 Å². The van der Waals surface area contributed by atoms with Crippen LogP contribution in [0.15, 0.2) is 48.7 Å². The summed E-state index contributed by atoms with van der Waals surface area (Å²) in [5, 5.41) is 3.99. The van der Waals surface area contributed by atoms with Crippen LogP contribution in [0.4, 0.5) is 0 Å². The largest absolute Gasteiger partial charge is 0.492 e. The molecule has 0 saturated heterocycles. The predicted octanol–water partition coefficient (Wildman–Crippen LogP) is 4.11. The molecule has 2 aliphatic rings. The summed E-state index contributed by atoms with van der Waals surface area (Å²) in [5.41, 5.74) is 1.71. The van der Waals surface area contributed by atoms with Crippen molar-refractivity contribution in [3.63, 3.8) is 0 Å². The van der Waals surface area contributed by atoms with E-state index in [2.05, 4.69) is 15.2 Å². The molecule has 33 heavy (non-hydrogen) atoms. The first kappa shape index (κ1) is 21.5.